The van der Waals surface area contributed by atoms with E-state index in [1.165, 1.54) is 30.5 Å². The zero-order valence-corrected chi connectivity index (χ0v) is 18.9. The van der Waals surface area contributed by atoms with E-state index in [1.807, 2.05) is 41.9 Å². The number of nitrogens with zero attached hydrogens (tertiary/aromatic N) is 3. The molecule has 0 saturated carbocycles. The second-order valence-corrected chi connectivity index (χ2v) is 8.75. The summed E-state index contributed by atoms with van der Waals surface area (Å²) >= 11 is 0. The van der Waals surface area contributed by atoms with E-state index in [2.05, 4.69) is 14.8 Å². The summed E-state index contributed by atoms with van der Waals surface area (Å²) in [4.78, 5) is 4.44. The molecule has 4 aromatic rings. The number of alkyl halides is 3. The molecule has 0 radical (unpaired) electrons. The normalized spacial score (nSPS) is 12.2. The number of aliphatic hydroxyl groups is 1. The summed E-state index contributed by atoms with van der Waals surface area (Å²) in [6.07, 6.45) is -2.76. The molecule has 0 fully saturated rings. The lowest BCUT2D eigenvalue weighted by atomic mass is 9.97. The second-order valence-electron chi connectivity index (χ2n) is 8.75. The molecule has 34 heavy (non-hydrogen) atoms. The number of hydrogen-bond acceptors (Lipinski definition) is 5. The second kappa shape index (κ2) is 8.98. The molecule has 0 aliphatic heterocycles. The summed E-state index contributed by atoms with van der Waals surface area (Å²) in [6, 6.07) is 15.3. The average molecular weight is 471 g/mol. The van der Waals surface area contributed by atoms with Gasteiger partial charge in [-0.3, -0.25) is 4.68 Å². The first-order valence-corrected chi connectivity index (χ1v) is 10.6. The van der Waals surface area contributed by atoms with E-state index < -0.39 is 12.0 Å². The van der Waals surface area contributed by atoms with Crippen LogP contribution in [0, 0.1) is 6.92 Å². The van der Waals surface area contributed by atoms with Crippen molar-refractivity contribution in [2.45, 2.75) is 45.7 Å². The molecule has 0 aliphatic rings. The summed E-state index contributed by atoms with van der Waals surface area (Å²) in [5.41, 5.74) is 3.82. The van der Waals surface area contributed by atoms with E-state index in [-0.39, 0.29) is 5.75 Å². The van der Waals surface area contributed by atoms with Gasteiger partial charge < -0.3 is 14.3 Å². The maximum atomic E-state index is 12.3. The lowest BCUT2D eigenvalue weighted by molar-refractivity contribution is -0.274. The molecule has 0 bridgehead atoms. The maximum Gasteiger partial charge on any atom is 0.573 e. The highest BCUT2D eigenvalue weighted by Crippen LogP contribution is 2.28. The van der Waals surface area contributed by atoms with Crippen molar-refractivity contribution >= 4 is 0 Å². The minimum atomic E-state index is -4.74. The third kappa shape index (κ3) is 6.05. The van der Waals surface area contributed by atoms with Crippen molar-refractivity contribution in [2.24, 2.45) is 0 Å². The van der Waals surface area contributed by atoms with Crippen LogP contribution in [-0.4, -0.2) is 31.8 Å². The lowest BCUT2D eigenvalue weighted by Gasteiger charge is -2.17. The zero-order valence-electron chi connectivity index (χ0n) is 18.9. The van der Waals surface area contributed by atoms with Gasteiger partial charge in [-0.15, -0.1) is 13.2 Å². The molecule has 2 heterocycles. The number of halogens is 3. The van der Waals surface area contributed by atoms with Gasteiger partial charge in [-0.1, -0.05) is 24.3 Å². The van der Waals surface area contributed by atoms with Crippen LogP contribution in [0.5, 0.6) is 5.75 Å². The molecule has 1 N–H and O–H groups in total. The largest absolute Gasteiger partial charge is 0.573 e. The first kappa shape index (κ1) is 23.6. The molecule has 0 amide bonds. The van der Waals surface area contributed by atoms with Crippen molar-refractivity contribution < 1.29 is 27.4 Å². The molecule has 0 aliphatic carbocycles. The Balaban J connectivity index is 1.50. The van der Waals surface area contributed by atoms with Crippen molar-refractivity contribution in [3.8, 4) is 28.6 Å². The van der Waals surface area contributed by atoms with Crippen molar-refractivity contribution in [3.05, 3.63) is 77.7 Å². The van der Waals surface area contributed by atoms with E-state index in [9.17, 15) is 18.3 Å². The summed E-state index contributed by atoms with van der Waals surface area (Å²) in [5, 5.41) is 14.7. The summed E-state index contributed by atoms with van der Waals surface area (Å²) < 4.78 is 48.3. The van der Waals surface area contributed by atoms with Crippen LogP contribution in [0.2, 0.25) is 0 Å². The Hall–Kier alpha value is -3.59. The van der Waals surface area contributed by atoms with Crippen LogP contribution >= 0.6 is 0 Å². The fourth-order valence-electron chi connectivity index (χ4n) is 3.64. The molecule has 0 unspecified atom stereocenters. The van der Waals surface area contributed by atoms with Gasteiger partial charge in [0.25, 0.3) is 0 Å². The quantitative estimate of drug-likeness (QED) is 0.370. The van der Waals surface area contributed by atoms with Gasteiger partial charge >= 0.3 is 6.36 Å². The Morgan fingerprint density at radius 1 is 1.00 bits per heavy atom. The fourth-order valence-corrected chi connectivity index (χ4v) is 3.64. The van der Waals surface area contributed by atoms with Gasteiger partial charge in [-0.05, 0) is 62.2 Å². The third-order valence-electron chi connectivity index (χ3n) is 5.05. The highest BCUT2D eigenvalue weighted by atomic mass is 19.4. The van der Waals surface area contributed by atoms with Gasteiger partial charge in [-0.25, -0.2) is 4.98 Å². The minimum absolute atomic E-state index is 0.305. The lowest BCUT2D eigenvalue weighted by Crippen LogP contribution is -2.21. The highest BCUT2D eigenvalue weighted by molar-refractivity contribution is 5.62. The van der Waals surface area contributed by atoms with Crippen molar-refractivity contribution in [1.82, 2.24) is 14.8 Å². The SMILES string of the molecule is Cc1cc(-c2nc(-c3ccc(OC(F)(F)F)cc3)co2)nn1Cc1cccc(CC(C)(C)O)c1. The molecule has 0 saturated heterocycles. The molecule has 4 rings (SSSR count). The van der Waals surface area contributed by atoms with Crippen molar-refractivity contribution in [3.63, 3.8) is 0 Å². The smallest absolute Gasteiger partial charge is 0.443 e. The van der Waals surface area contributed by atoms with Gasteiger partial charge in [0.1, 0.15) is 23.4 Å². The van der Waals surface area contributed by atoms with Crippen LogP contribution < -0.4 is 4.74 Å². The molecular formula is C25H24F3N3O3. The third-order valence-corrected chi connectivity index (χ3v) is 5.05. The van der Waals surface area contributed by atoms with E-state index >= 15 is 0 Å². The standard InChI is InChI=1S/C25H24F3N3O3/c1-16-11-21(30-31(16)14-18-6-4-5-17(12-18)13-24(2,3)32)23-29-22(15-33-23)19-7-9-20(10-8-19)34-25(26,27)28/h4-12,15,32H,13-14H2,1-3H3. The maximum absolute atomic E-state index is 12.3. The Labute approximate surface area is 194 Å². The van der Waals surface area contributed by atoms with Gasteiger partial charge in [0.2, 0.25) is 5.89 Å². The van der Waals surface area contributed by atoms with Crippen LogP contribution in [0.25, 0.3) is 22.8 Å². The molecule has 2 aromatic heterocycles. The van der Waals surface area contributed by atoms with Crippen LogP contribution in [0.1, 0.15) is 30.7 Å². The number of benzene rings is 2. The van der Waals surface area contributed by atoms with Crippen molar-refractivity contribution in [1.29, 1.82) is 0 Å². The van der Waals surface area contributed by atoms with Crippen LogP contribution in [0.4, 0.5) is 13.2 Å². The van der Waals surface area contributed by atoms with Crippen LogP contribution in [0.15, 0.2) is 65.3 Å². The first-order chi connectivity index (χ1) is 15.9. The molecule has 2 aromatic carbocycles. The number of ether oxygens (including phenoxy) is 1. The predicted octanol–water partition coefficient (Wildman–Crippen LogP) is 5.77. The fraction of sp³-hybridized carbons (Fsp3) is 0.280. The van der Waals surface area contributed by atoms with Crippen molar-refractivity contribution in [2.75, 3.05) is 0 Å². The Morgan fingerprint density at radius 2 is 1.71 bits per heavy atom. The summed E-state index contributed by atoms with van der Waals surface area (Å²) in [5.74, 6) is 0.00389. The Bertz CT molecular complexity index is 1270. The van der Waals surface area contributed by atoms with Gasteiger partial charge in [0, 0.05) is 17.7 Å². The zero-order chi connectivity index (χ0) is 24.5. The minimum Gasteiger partial charge on any atom is -0.443 e. The molecule has 0 atom stereocenters. The highest BCUT2D eigenvalue weighted by Gasteiger charge is 2.31. The predicted molar refractivity (Wildman–Crippen MR) is 120 cm³/mol. The molecular weight excluding hydrogens is 447 g/mol. The summed E-state index contributed by atoms with van der Waals surface area (Å²) in [7, 11) is 0. The monoisotopic (exact) mass is 471 g/mol. The number of oxazole rings is 1. The van der Waals surface area contributed by atoms with E-state index in [0.29, 0.717) is 35.8 Å². The van der Waals surface area contributed by atoms with Gasteiger partial charge in [0.05, 0.1) is 12.1 Å². The molecule has 178 valence electrons. The Morgan fingerprint density at radius 3 is 2.38 bits per heavy atom. The topological polar surface area (TPSA) is 73.3 Å². The first-order valence-electron chi connectivity index (χ1n) is 10.6. The number of hydrogen-bond donors (Lipinski definition) is 1. The van der Waals surface area contributed by atoms with E-state index in [0.717, 1.165) is 16.8 Å². The molecule has 0 spiro atoms. The van der Waals surface area contributed by atoms with Crippen LogP contribution in [-0.2, 0) is 13.0 Å². The molecule has 9 heteroatoms. The average Bonchev–Trinajstić information content (AvgIpc) is 3.34. The van der Waals surface area contributed by atoms with Crippen LogP contribution in [0.3, 0.4) is 0 Å². The number of aryl methyl sites for hydroxylation is 1. The van der Waals surface area contributed by atoms with Gasteiger partial charge in [0.15, 0.2) is 0 Å². The number of rotatable bonds is 7. The molecule has 6 nitrogen and oxygen atoms in total. The number of aromatic nitrogens is 3. The van der Waals surface area contributed by atoms with E-state index in [4.69, 9.17) is 4.42 Å². The Kier molecular flexibility index (Phi) is 6.22. The van der Waals surface area contributed by atoms with Gasteiger partial charge in [-0.2, -0.15) is 5.10 Å². The van der Waals surface area contributed by atoms with E-state index in [1.54, 1.807) is 13.8 Å². The summed E-state index contributed by atoms with van der Waals surface area (Å²) in [6.45, 7) is 6.03.